The third kappa shape index (κ3) is 4.33. The third-order valence-electron chi connectivity index (χ3n) is 4.64. The van der Waals surface area contributed by atoms with Crippen LogP contribution in [0.2, 0.25) is 5.02 Å². The second-order valence-corrected chi connectivity index (χ2v) is 6.75. The van der Waals surface area contributed by atoms with Crippen molar-refractivity contribution >= 4 is 58.1 Å². The number of hydrogen-bond acceptors (Lipinski definition) is 4. The van der Waals surface area contributed by atoms with Crippen molar-refractivity contribution in [3.8, 4) is 5.75 Å². The molecule has 0 spiro atoms. The Bertz CT molecular complexity index is 1230. The van der Waals surface area contributed by atoms with Crippen molar-refractivity contribution in [2.75, 3.05) is 0 Å². The minimum absolute atomic E-state index is 0. The average Bonchev–Trinajstić information content (AvgIpc) is 2.69. The number of halogens is 3. The van der Waals surface area contributed by atoms with Crippen LogP contribution in [0.4, 0.5) is 0 Å². The van der Waals surface area contributed by atoms with E-state index in [0.717, 1.165) is 16.6 Å². The Labute approximate surface area is 185 Å². The van der Waals surface area contributed by atoms with Gasteiger partial charge < -0.3 is 15.0 Å². The molecule has 4 rings (SSSR count). The number of fused-ring (bicyclic) bond motifs is 2. The SMILES string of the molecule is Cl.Cl.Cn1c(CN)c(OCc2ccc3ccccc3n2)c2cc(Cl)ccc2c1=O. The average molecular weight is 453 g/mol. The first kappa shape index (κ1) is 23.0. The summed E-state index contributed by atoms with van der Waals surface area (Å²) in [5, 5.41) is 2.81. The Balaban J connectivity index is 0.00000150. The lowest BCUT2D eigenvalue weighted by Gasteiger charge is -2.17. The molecule has 4 aromatic rings. The van der Waals surface area contributed by atoms with Crippen LogP contribution in [0.5, 0.6) is 5.75 Å². The minimum Gasteiger partial charge on any atom is -0.485 e. The molecule has 0 atom stereocenters. The van der Waals surface area contributed by atoms with Crippen molar-refractivity contribution in [3.05, 3.63) is 81.4 Å². The van der Waals surface area contributed by atoms with Gasteiger partial charge in [-0.05, 0) is 30.3 Å². The van der Waals surface area contributed by atoms with E-state index in [1.54, 1.807) is 25.2 Å². The molecule has 0 bridgehead atoms. The fraction of sp³-hybridized carbons (Fsp3) is 0.143. The highest BCUT2D eigenvalue weighted by atomic mass is 35.5. The lowest BCUT2D eigenvalue weighted by Crippen LogP contribution is -2.23. The van der Waals surface area contributed by atoms with E-state index >= 15 is 0 Å². The van der Waals surface area contributed by atoms with Crippen LogP contribution in [0.3, 0.4) is 0 Å². The first-order chi connectivity index (χ1) is 13.1. The summed E-state index contributed by atoms with van der Waals surface area (Å²) in [6, 6.07) is 17.0. The fourth-order valence-electron chi connectivity index (χ4n) is 3.23. The van der Waals surface area contributed by atoms with Crippen molar-refractivity contribution in [3.63, 3.8) is 0 Å². The molecule has 0 aliphatic heterocycles. The number of pyridine rings is 2. The summed E-state index contributed by atoms with van der Waals surface area (Å²) in [6.45, 7) is 0.437. The van der Waals surface area contributed by atoms with Gasteiger partial charge in [0.2, 0.25) is 0 Å². The molecule has 0 aliphatic carbocycles. The Kier molecular flexibility index (Phi) is 7.49. The number of para-hydroxylation sites is 1. The van der Waals surface area contributed by atoms with Crippen molar-refractivity contribution in [2.45, 2.75) is 13.2 Å². The molecule has 0 saturated heterocycles. The van der Waals surface area contributed by atoms with E-state index in [1.807, 2.05) is 36.4 Å². The largest absolute Gasteiger partial charge is 0.485 e. The zero-order valence-corrected chi connectivity index (χ0v) is 18.0. The van der Waals surface area contributed by atoms with Gasteiger partial charge in [0.1, 0.15) is 12.4 Å². The third-order valence-corrected chi connectivity index (χ3v) is 4.88. The lowest BCUT2D eigenvalue weighted by molar-refractivity contribution is 0.299. The van der Waals surface area contributed by atoms with Gasteiger partial charge in [-0.1, -0.05) is 35.9 Å². The van der Waals surface area contributed by atoms with Crippen LogP contribution >= 0.6 is 36.4 Å². The Morgan fingerprint density at radius 1 is 1.07 bits per heavy atom. The van der Waals surface area contributed by atoms with Gasteiger partial charge >= 0.3 is 0 Å². The van der Waals surface area contributed by atoms with E-state index in [0.29, 0.717) is 27.2 Å². The normalized spacial score (nSPS) is 10.4. The van der Waals surface area contributed by atoms with Gasteiger partial charge in [0.25, 0.3) is 5.56 Å². The summed E-state index contributed by atoms with van der Waals surface area (Å²) >= 11 is 6.15. The molecule has 29 heavy (non-hydrogen) atoms. The van der Waals surface area contributed by atoms with Crippen LogP contribution in [0.15, 0.2) is 59.4 Å². The predicted molar refractivity (Wildman–Crippen MR) is 123 cm³/mol. The minimum atomic E-state index is -0.127. The maximum Gasteiger partial charge on any atom is 0.258 e. The van der Waals surface area contributed by atoms with E-state index in [9.17, 15) is 4.79 Å². The highest BCUT2D eigenvalue weighted by Crippen LogP contribution is 2.30. The highest BCUT2D eigenvalue weighted by molar-refractivity contribution is 6.31. The van der Waals surface area contributed by atoms with Gasteiger partial charge in [-0.3, -0.25) is 4.79 Å². The van der Waals surface area contributed by atoms with E-state index in [1.165, 1.54) is 4.57 Å². The van der Waals surface area contributed by atoms with Crippen LogP contribution in [-0.2, 0) is 20.2 Å². The van der Waals surface area contributed by atoms with Crippen LogP contribution in [0.1, 0.15) is 11.4 Å². The first-order valence-corrected chi connectivity index (χ1v) is 8.95. The molecule has 0 amide bonds. The number of benzene rings is 2. The standard InChI is InChI=1S/C21H18ClN3O2.2ClH/c1-25-19(11-23)20(17-10-14(22)7-9-16(17)21(25)26)27-12-15-8-6-13-4-2-3-5-18(13)24-15;;/h2-10H,11-12,23H2,1H3;2*1H. The molecule has 8 heteroatoms. The van der Waals surface area contributed by atoms with E-state index < -0.39 is 0 Å². The number of hydrogen-bond donors (Lipinski definition) is 1. The zero-order valence-electron chi connectivity index (χ0n) is 15.6. The van der Waals surface area contributed by atoms with Crippen molar-refractivity contribution < 1.29 is 4.74 Å². The molecule has 2 aromatic heterocycles. The van der Waals surface area contributed by atoms with E-state index in [-0.39, 0.29) is 43.5 Å². The highest BCUT2D eigenvalue weighted by Gasteiger charge is 2.16. The summed E-state index contributed by atoms with van der Waals surface area (Å²) in [5.41, 5.74) is 8.10. The molecule has 0 unspecified atom stereocenters. The molecule has 0 saturated carbocycles. The molecule has 0 aliphatic rings. The lowest BCUT2D eigenvalue weighted by atomic mass is 10.1. The Morgan fingerprint density at radius 3 is 2.59 bits per heavy atom. The van der Waals surface area contributed by atoms with E-state index in [2.05, 4.69) is 4.98 Å². The fourth-order valence-corrected chi connectivity index (χ4v) is 3.40. The smallest absolute Gasteiger partial charge is 0.258 e. The maximum absolute atomic E-state index is 12.6. The second-order valence-electron chi connectivity index (χ2n) is 6.32. The van der Waals surface area contributed by atoms with Crippen molar-refractivity contribution in [1.82, 2.24) is 9.55 Å². The second kappa shape index (κ2) is 9.46. The van der Waals surface area contributed by atoms with Crippen LogP contribution in [0.25, 0.3) is 21.7 Å². The topological polar surface area (TPSA) is 70.1 Å². The molecule has 152 valence electrons. The summed E-state index contributed by atoms with van der Waals surface area (Å²) in [7, 11) is 1.69. The molecule has 0 fully saturated rings. The summed E-state index contributed by atoms with van der Waals surface area (Å²) < 4.78 is 7.63. The quantitative estimate of drug-likeness (QED) is 0.490. The number of rotatable bonds is 4. The Morgan fingerprint density at radius 2 is 1.83 bits per heavy atom. The van der Waals surface area contributed by atoms with Gasteiger partial charge in [-0.2, -0.15) is 0 Å². The molecule has 2 aromatic carbocycles. The number of aromatic nitrogens is 2. The molecule has 0 radical (unpaired) electrons. The van der Waals surface area contributed by atoms with Gasteiger partial charge in [-0.15, -0.1) is 24.8 Å². The van der Waals surface area contributed by atoms with Crippen LogP contribution < -0.4 is 16.0 Å². The predicted octanol–water partition coefficient (Wildman–Crippen LogP) is 4.62. The molecule has 5 nitrogen and oxygen atoms in total. The van der Waals surface area contributed by atoms with Crippen LogP contribution in [-0.4, -0.2) is 9.55 Å². The zero-order chi connectivity index (χ0) is 19.0. The van der Waals surface area contributed by atoms with Crippen LogP contribution in [0, 0.1) is 0 Å². The monoisotopic (exact) mass is 451 g/mol. The Hall–Kier alpha value is -2.31. The molecule has 2 N–H and O–H groups in total. The summed E-state index contributed by atoms with van der Waals surface area (Å²) in [5.74, 6) is 0.562. The van der Waals surface area contributed by atoms with Crippen molar-refractivity contribution in [1.29, 1.82) is 0 Å². The molecule has 2 heterocycles. The summed E-state index contributed by atoms with van der Waals surface area (Å²) in [4.78, 5) is 17.2. The van der Waals surface area contributed by atoms with Gasteiger partial charge in [0.15, 0.2) is 0 Å². The number of nitrogens with zero attached hydrogens (tertiary/aromatic N) is 2. The molecular weight excluding hydrogens is 433 g/mol. The van der Waals surface area contributed by atoms with Gasteiger partial charge in [0, 0.05) is 29.4 Å². The maximum atomic E-state index is 12.6. The summed E-state index contributed by atoms with van der Waals surface area (Å²) in [6.07, 6.45) is 0. The number of ether oxygens (including phenoxy) is 1. The first-order valence-electron chi connectivity index (χ1n) is 8.57. The molecular formula is C21H20Cl3N3O2. The van der Waals surface area contributed by atoms with Gasteiger partial charge in [0.05, 0.1) is 22.3 Å². The van der Waals surface area contributed by atoms with E-state index in [4.69, 9.17) is 22.1 Å². The van der Waals surface area contributed by atoms with Gasteiger partial charge in [-0.25, -0.2) is 4.98 Å². The van der Waals surface area contributed by atoms with Crippen molar-refractivity contribution in [2.24, 2.45) is 12.8 Å². The number of nitrogens with two attached hydrogens (primary N) is 1.